The van der Waals surface area contributed by atoms with Gasteiger partial charge in [0.15, 0.2) is 0 Å². The van der Waals surface area contributed by atoms with Crippen LogP contribution in [0.25, 0.3) is 0 Å². The van der Waals surface area contributed by atoms with E-state index < -0.39 is 0 Å². The number of nitrogens with two attached hydrogens (primary N) is 1. The highest BCUT2D eigenvalue weighted by atomic mass is 35.5. The van der Waals surface area contributed by atoms with Crippen LogP contribution in [0.1, 0.15) is 23.1 Å². The molecule has 2 nitrogen and oxygen atoms in total. The first-order valence-electron chi connectivity index (χ1n) is 6.09. The molecule has 2 N–H and O–H groups in total. The van der Waals surface area contributed by atoms with E-state index in [1.165, 1.54) is 0 Å². The summed E-state index contributed by atoms with van der Waals surface area (Å²) >= 11 is 12.2. The summed E-state index contributed by atoms with van der Waals surface area (Å²) in [4.78, 5) is 0. The van der Waals surface area contributed by atoms with Gasteiger partial charge in [-0.05, 0) is 29.8 Å². The predicted molar refractivity (Wildman–Crippen MR) is 78.1 cm³/mol. The van der Waals surface area contributed by atoms with Crippen molar-refractivity contribution in [2.75, 3.05) is 6.61 Å². The van der Waals surface area contributed by atoms with Crippen molar-refractivity contribution in [1.29, 1.82) is 0 Å². The molecule has 1 aliphatic heterocycles. The zero-order valence-corrected chi connectivity index (χ0v) is 11.7. The smallest absolute Gasteiger partial charge is 0.122 e. The Balaban J connectivity index is 1.97. The molecule has 0 amide bonds. The van der Waals surface area contributed by atoms with E-state index >= 15 is 0 Å². The average Bonchev–Trinajstić information content (AvgIpc) is 2.84. The van der Waals surface area contributed by atoms with Crippen LogP contribution >= 0.6 is 23.2 Å². The summed E-state index contributed by atoms with van der Waals surface area (Å²) < 4.78 is 5.67. The number of benzene rings is 2. The van der Waals surface area contributed by atoms with Gasteiger partial charge in [-0.3, -0.25) is 0 Å². The molecule has 2 aromatic carbocycles. The highest BCUT2D eigenvalue weighted by molar-refractivity contribution is 6.33. The summed E-state index contributed by atoms with van der Waals surface area (Å²) in [6, 6.07) is 13.1. The van der Waals surface area contributed by atoms with Crippen LogP contribution in [0.3, 0.4) is 0 Å². The van der Waals surface area contributed by atoms with Crippen molar-refractivity contribution < 1.29 is 4.74 Å². The lowest BCUT2D eigenvalue weighted by Crippen LogP contribution is -2.21. The molecule has 98 valence electrons. The molecule has 0 radical (unpaired) electrons. The van der Waals surface area contributed by atoms with Crippen molar-refractivity contribution in [3.63, 3.8) is 0 Å². The van der Waals surface area contributed by atoms with E-state index in [-0.39, 0.29) is 12.0 Å². The van der Waals surface area contributed by atoms with Gasteiger partial charge in [-0.15, -0.1) is 0 Å². The van der Waals surface area contributed by atoms with E-state index in [1.54, 1.807) is 12.1 Å². The maximum atomic E-state index is 6.36. The zero-order valence-electron chi connectivity index (χ0n) is 10.1. The fourth-order valence-corrected chi connectivity index (χ4v) is 2.90. The first-order valence-corrected chi connectivity index (χ1v) is 6.84. The highest BCUT2D eigenvalue weighted by Gasteiger charge is 2.30. The van der Waals surface area contributed by atoms with Crippen LogP contribution in [0.5, 0.6) is 5.75 Å². The predicted octanol–water partition coefficient (Wildman–Crippen LogP) is 4.17. The van der Waals surface area contributed by atoms with Crippen molar-refractivity contribution in [3.8, 4) is 5.75 Å². The fourth-order valence-electron chi connectivity index (χ4n) is 2.47. The van der Waals surface area contributed by atoms with Gasteiger partial charge in [0.1, 0.15) is 5.75 Å². The van der Waals surface area contributed by atoms with Crippen LogP contribution < -0.4 is 10.5 Å². The van der Waals surface area contributed by atoms with Gasteiger partial charge in [0, 0.05) is 27.6 Å². The SMILES string of the molecule is NC(c1cc(Cl)ccc1Cl)C1COc2ccccc21. The molecular weight excluding hydrogens is 281 g/mol. The third kappa shape index (κ3) is 2.32. The van der Waals surface area contributed by atoms with E-state index in [0.717, 1.165) is 16.9 Å². The van der Waals surface area contributed by atoms with Crippen molar-refractivity contribution >= 4 is 23.2 Å². The molecular formula is C15H13Cl2NO. The Morgan fingerprint density at radius 2 is 1.95 bits per heavy atom. The molecule has 0 saturated carbocycles. The first-order chi connectivity index (χ1) is 9.16. The largest absolute Gasteiger partial charge is 0.493 e. The monoisotopic (exact) mass is 293 g/mol. The van der Waals surface area contributed by atoms with Crippen molar-refractivity contribution in [2.24, 2.45) is 5.73 Å². The van der Waals surface area contributed by atoms with Crippen LogP contribution in [0.2, 0.25) is 10.0 Å². The second-order valence-electron chi connectivity index (χ2n) is 4.65. The van der Waals surface area contributed by atoms with E-state index in [2.05, 4.69) is 0 Å². The number of para-hydroxylation sites is 1. The molecule has 2 aromatic rings. The molecule has 2 atom stereocenters. The Labute approximate surface area is 122 Å². The van der Waals surface area contributed by atoms with Gasteiger partial charge >= 0.3 is 0 Å². The summed E-state index contributed by atoms with van der Waals surface area (Å²) in [5.74, 6) is 1.01. The minimum atomic E-state index is -0.227. The molecule has 4 heteroatoms. The number of hydrogen-bond acceptors (Lipinski definition) is 2. The second kappa shape index (κ2) is 5.04. The normalized spacial score (nSPS) is 18.8. The van der Waals surface area contributed by atoms with E-state index in [1.807, 2.05) is 30.3 Å². The summed E-state index contributed by atoms with van der Waals surface area (Å²) in [6.07, 6.45) is 0. The molecule has 19 heavy (non-hydrogen) atoms. The van der Waals surface area contributed by atoms with Gasteiger partial charge in [0.25, 0.3) is 0 Å². The zero-order chi connectivity index (χ0) is 13.4. The van der Waals surface area contributed by atoms with E-state index in [0.29, 0.717) is 16.7 Å². The van der Waals surface area contributed by atoms with Gasteiger partial charge < -0.3 is 10.5 Å². The second-order valence-corrected chi connectivity index (χ2v) is 5.49. The molecule has 3 rings (SSSR count). The van der Waals surface area contributed by atoms with E-state index in [9.17, 15) is 0 Å². The summed E-state index contributed by atoms with van der Waals surface area (Å²) in [5.41, 5.74) is 8.35. The molecule has 0 aromatic heterocycles. The molecule has 0 spiro atoms. The average molecular weight is 294 g/mol. The lowest BCUT2D eigenvalue weighted by molar-refractivity contribution is 0.315. The Morgan fingerprint density at radius 3 is 2.79 bits per heavy atom. The quantitative estimate of drug-likeness (QED) is 0.902. The van der Waals surface area contributed by atoms with Crippen molar-refractivity contribution in [2.45, 2.75) is 12.0 Å². The standard InChI is InChI=1S/C15H13Cl2NO/c16-9-5-6-13(17)11(7-9)15(18)12-8-19-14-4-2-1-3-10(12)14/h1-7,12,15H,8,18H2. The van der Waals surface area contributed by atoms with Crippen molar-refractivity contribution in [1.82, 2.24) is 0 Å². The van der Waals surface area contributed by atoms with Crippen LogP contribution in [-0.2, 0) is 0 Å². The summed E-state index contributed by atoms with van der Waals surface area (Å²) in [5, 5.41) is 1.28. The van der Waals surface area contributed by atoms with Crippen LogP contribution in [-0.4, -0.2) is 6.61 Å². The Morgan fingerprint density at radius 1 is 1.16 bits per heavy atom. The number of ether oxygens (including phenoxy) is 1. The number of halogens is 2. The highest BCUT2D eigenvalue weighted by Crippen LogP contribution is 2.41. The topological polar surface area (TPSA) is 35.2 Å². The molecule has 0 saturated heterocycles. The van der Waals surface area contributed by atoms with Crippen molar-refractivity contribution in [3.05, 3.63) is 63.6 Å². The van der Waals surface area contributed by atoms with Gasteiger partial charge in [0.2, 0.25) is 0 Å². The van der Waals surface area contributed by atoms with Crippen LogP contribution in [0, 0.1) is 0 Å². The Bertz CT molecular complexity index is 615. The van der Waals surface area contributed by atoms with E-state index in [4.69, 9.17) is 33.7 Å². The fraction of sp³-hybridized carbons (Fsp3) is 0.200. The number of fused-ring (bicyclic) bond motifs is 1. The van der Waals surface area contributed by atoms with Gasteiger partial charge in [-0.1, -0.05) is 41.4 Å². The minimum absolute atomic E-state index is 0.104. The minimum Gasteiger partial charge on any atom is -0.493 e. The third-order valence-corrected chi connectivity index (χ3v) is 4.07. The molecule has 0 bridgehead atoms. The third-order valence-electron chi connectivity index (χ3n) is 3.49. The van der Waals surface area contributed by atoms with Gasteiger partial charge in [0.05, 0.1) is 6.61 Å². The summed E-state index contributed by atoms with van der Waals surface area (Å²) in [7, 11) is 0. The molecule has 1 aliphatic rings. The number of hydrogen-bond donors (Lipinski definition) is 1. The lowest BCUT2D eigenvalue weighted by atomic mass is 9.89. The maximum absolute atomic E-state index is 6.36. The maximum Gasteiger partial charge on any atom is 0.122 e. The van der Waals surface area contributed by atoms with Gasteiger partial charge in [-0.25, -0.2) is 0 Å². The Hall–Kier alpha value is -1.22. The molecule has 0 aliphatic carbocycles. The van der Waals surface area contributed by atoms with Crippen LogP contribution in [0.4, 0.5) is 0 Å². The lowest BCUT2D eigenvalue weighted by Gasteiger charge is -2.20. The number of rotatable bonds is 2. The van der Waals surface area contributed by atoms with Gasteiger partial charge in [-0.2, -0.15) is 0 Å². The Kier molecular flexibility index (Phi) is 3.40. The first kappa shape index (κ1) is 12.8. The molecule has 0 fully saturated rings. The summed E-state index contributed by atoms with van der Waals surface area (Å²) in [6.45, 7) is 0.573. The molecule has 1 heterocycles. The van der Waals surface area contributed by atoms with Crippen LogP contribution in [0.15, 0.2) is 42.5 Å². The molecule has 2 unspecified atom stereocenters.